The molecule has 0 aromatic rings. The Labute approximate surface area is 126 Å². The fourth-order valence-corrected chi connectivity index (χ4v) is 3.52. The lowest BCUT2D eigenvalue weighted by Gasteiger charge is -2.37. The molecule has 0 unspecified atom stereocenters. The topological polar surface area (TPSA) is 78.4 Å². The Kier molecular flexibility index (Phi) is 4.79. The third kappa shape index (κ3) is 4.11. The molecule has 0 spiro atoms. The highest BCUT2D eigenvalue weighted by Gasteiger charge is 2.45. The molecule has 0 heterocycles. The van der Waals surface area contributed by atoms with Gasteiger partial charge in [0, 0.05) is 6.54 Å². The lowest BCUT2D eigenvalue weighted by atomic mass is 9.79. The van der Waals surface area contributed by atoms with Crippen molar-refractivity contribution in [1.82, 2.24) is 10.6 Å². The largest absolute Gasteiger partial charge is 0.481 e. The molecule has 0 radical (unpaired) electrons. The van der Waals surface area contributed by atoms with Gasteiger partial charge in [-0.3, -0.25) is 4.79 Å². The molecule has 0 atom stereocenters. The van der Waals surface area contributed by atoms with Crippen LogP contribution in [0.4, 0.5) is 4.79 Å². The van der Waals surface area contributed by atoms with Gasteiger partial charge in [0.2, 0.25) is 0 Å². The van der Waals surface area contributed by atoms with E-state index in [4.69, 9.17) is 5.11 Å². The maximum Gasteiger partial charge on any atom is 0.315 e. The van der Waals surface area contributed by atoms with Gasteiger partial charge in [0.05, 0.1) is 12.0 Å². The molecule has 0 aromatic carbocycles. The van der Waals surface area contributed by atoms with E-state index in [1.165, 1.54) is 12.8 Å². The van der Waals surface area contributed by atoms with Crippen molar-refractivity contribution in [1.29, 1.82) is 0 Å². The second kappa shape index (κ2) is 6.24. The van der Waals surface area contributed by atoms with Gasteiger partial charge in [-0.25, -0.2) is 4.79 Å². The molecule has 2 rings (SSSR count). The predicted octanol–water partition coefficient (Wildman–Crippen LogP) is 2.90. The highest BCUT2D eigenvalue weighted by Crippen LogP contribution is 2.51. The lowest BCUT2D eigenvalue weighted by molar-refractivity contribution is -0.139. The molecule has 0 bridgehead atoms. The summed E-state index contributed by atoms with van der Waals surface area (Å²) in [6, 6.07) is -0.204. The van der Waals surface area contributed by atoms with E-state index in [1.54, 1.807) is 0 Å². The first-order valence-corrected chi connectivity index (χ1v) is 8.15. The monoisotopic (exact) mass is 296 g/mol. The molecular weight excluding hydrogens is 268 g/mol. The standard InChI is InChI=1S/C16H28N2O3/c1-12(2)15(8-9-15)11-17-14(21)18-16(10-13(19)20)6-4-3-5-7-16/h12H,3-11H2,1-2H3,(H,19,20)(H2,17,18,21). The number of aliphatic carboxylic acids is 1. The van der Waals surface area contributed by atoms with Crippen LogP contribution in [0, 0.1) is 11.3 Å². The van der Waals surface area contributed by atoms with E-state index in [0.717, 1.165) is 32.1 Å². The molecule has 5 heteroatoms. The molecule has 2 aliphatic carbocycles. The van der Waals surface area contributed by atoms with Gasteiger partial charge in [-0.05, 0) is 37.0 Å². The van der Waals surface area contributed by atoms with Crippen LogP contribution in [0.2, 0.25) is 0 Å². The number of hydrogen-bond acceptors (Lipinski definition) is 2. The zero-order valence-corrected chi connectivity index (χ0v) is 13.2. The van der Waals surface area contributed by atoms with Crippen LogP contribution in [0.1, 0.15) is 65.2 Å². The first-order chi connectivity index (χ1) is 9.88. The van der Waals surface area contributed by atoms with E-state index in [2.05, 4.69) is 24.5 Å². The SMILES string of the molecule is CC(C)C1(CNC(=O)NC2(CC(=O)O)CCCCC2)CC1. The van der Waals surface area contributed by atoms with Gasteiger partial charge in [-0.1, -0.05) is 33.1 Å². The van der Waals surface area contributed by atoms with Crippen LogP contribution in [-0.4, -0.2) is 29.2 Å². The number of carboxylic acid groups (broad SMARTS) is 1. The minimum Gasteiger partial charge on any atom is -0.481 e. The first kappa shape index (κ1) is 16.1. The van der Waals surface area contributed by atoms with Gasteiger partial charge in [0.25, 0.3) is 0 Å². The Morgan fingerprint density at radius 2 is 1.71 bits per heavy atom. The quantitative estimate of drug-likeness (QED) is 0.705. The molecule has 2 fully saturated rings. The van der Waals surface area contributed by atoms with Gasteiger partial charge in [0.15, 0.2) is 0 Å². The van der Waals surface area contributed by atoms with E-state index < -0.39 is 11.5 Å². The maximum atomic E-state index is 12.2. The van der Waals surface area contributed by atoms with Gasteiger partial charge in [0.1, 0.15) is 0 Å². The average molecular weight is 296 g/mol. The number of carbonyl (C=O) groups is 2. The van der Waals surface area contributed by atoms with Crippen molar-refractivity contribution in [2.45, 2.75) is 70.8 Å². The minimum absolute atomic E-state index is 0.0236. The number of carbonyl (C=O) groups excluding carboxylic acids is 1. The second-order valence-corrected chi connectivity index (χ2v) is 7.24. The highest BCUT2D eigenvalue weighted by atomic mass is 16.4. The van der Waals surface area contributed by atoms with E-state index in [9.17, 15) is 9.59 Å². The molecule has 0 saturated heterocycles. The van der Waals surface area contributed by atoms with Gasteiger partial charge < -0.3 is 15.7 Å². The summed E-state index contributed by atoms with van der Waals surface area (Å²) in [7, 11) is 0. The van der Waals surface area contributed by atoms with E-state index >= 15 is 0 Å². The number of hydrogen-bond donors (Lipinski definition) is 3. The number of urea groups is 1. The van der Waals surface area contributed by atoms with Crippen molar-refractivity contribution in [2.24, 2.45) is 11.3 Å². The van der Waals surface area contributed by atoms with Crippen molar-refractivity contribution in [3.8, 4) is 0 Å². The zero-order valence-electron chi connectivity index (χ0n) is 13.2. The third-order valence-corrected chi connectivity index (χ3v) is 5.40. The maximum absolute atomic E-state index is 12.2. The van der Waals surface area contributed by atoms with Crippen molar-refractivity contribution < 1.29 is 14.7 Å². The van der Waals surface area contributed by atoms with Crippen LogP contribution in [0.25, 0.3) is 0 Å². The Morgan fingerprint density at radius 1 is 1.10 bits per heavy atom. The summed E-state index contributed by atoms with van der Waals surface area (Å²) in [5.74, 6) is -0.265. The summed E-state index contributed by atoms with van der Waals surface area (Å²) in [6.45, 7) is 5.08. The number of carboxylic acids is 1. The fourth-order valence-electron chi connectivity index (χ4n) is 3.52. The Morgan fingerprint density at radius 3 is 2.19 bits per heavy atom. The molecule has 120 valence electrons. The smallest absolute Gasteiger partial charge is 0.315 e. The van der Waals surface area contributed by atoms with Crippen molar-refractivity contribution in [3.05, 3.63) is 0 Å². The Balaban J connectivity index is 1.87. The van der Waals surface area contributed by atoms with Crippen molar-refractivity contribution >= 4 is 12.0 Å². The number of nitrogens with one attached hydrogen (secondary N) is 2. The zero-order chi connectivity index (χ0) is 15.5. The minimum atomic E-state index is -0.835. The first-order valence-electron chi connectivity index (χ1n) is 8.15. The molecule has 0 aromatic heterocycles. The summed E-state index contributed by atoms with van der Waals surface area (Å²) in [6.07, 6.45) is 7.00. The molecule has 2 saturated carbocycles. The highest BCUT2D eigenvalue weighted by molar-refractivity contribution is 5.76. The van der Waals surface area contributed by atoms with Crippen molar-refractivity contribution in [2.75, 3.05) is 6.54 Å². The summed E-state index contributed by atoms with van der Waals surface area (Å²) < 4.78 is 0. The molecule has 3 N–H and O–H groups in total. The predicted molar refractivity (Wildman–Crippen MR) is 81.1 cm³/mol. The van der Waals surface area contributed by atoms with Crippen LogP contribution >= 0.6 is 0 Å². The summed E-state index contributed by atoms with van der Waals surface area (Å²) in [5, 5.41) is 15.1. The Hall–Kier alpha value is -1.26. The number of rotatable bonds is 6. The fraction of sp³-hybridized carbons (Fsp3) is 0.875. The van der Waals surface area contributed by atoms with Gasteiger partial charge in [-0.15, -0.1) is 0 Å². The summed E-state index contributed by atoms with van der Waals surface area (Å²) in [4.78, 5) is 23.3. The molecule has 21 heavy (non-hydrogen) atoms. The lowest BCUT2D eigenvalue weighted by Crippen LogP contribution is -2.55. The third-order valence-electron chi connectivity index (χ3n) is 5.40. The van der Waals surface area contributed by atoms with Crippen LogP contribution < -0.4 is 10.6 Å². The van der Waals surface area contributed by atoms with E-state index in [0.29, 0.717) is 12.5 Å². The molecule has 0 aliphatic heterocycles. The summed E-state index contributed by atoms with van der Waals surface area (Å²) >= 11 is 0. The Bertz CT molecular complexity index is 396. The average Bonchev–Trinajstić information content (AvgIpc) is 3.17. The molecule has 5 nitrogen and oxygen atoms in total. The molecule has 2 amide bonds. The van der Waals surface area contributed by atoms with E-state index in [1.807, 2.05) is 0 Å². The second-order valence-electron chi connectivity index (χ2n) is 7.24. The summed E-state index contributed by atoms with van der Waals surface area (Å²) in [5.41, 5.74) is -0.285. The molecular formula is C16H28N2O3. The van der Waals surface area contributed by atoms with Crippen LogP contribution in [0.5, 0.6) is 0 Å². The number of amides is 2. The van der Waals surface area contributed by atoms with Crippen LogP contribution in [0.15, 0.2) is 0 Å². The van der Waals surface area contributed by atoms with Crippen molar-refractivity contribution in [3.63, 3.8) is 0 Å². The van der Waals surface area contributed by atoms with Crippen LogP contribution in [0.3, 0.4) is 0 Å². The van der Waals surface area contributed by atoms with Gasteiger partial charge >= 0.3 is 12.0 Å². The normalized spacial score (nSPS) is 22.6. The molecule has 2 aliphatic rings. The van der Waals surface area contributed by atoms with Crippen LogP contribution in [-0.2, 0) is 4.79 Å². The van der Waals surface area contributed by atoms with E-state index in [-0.39, 0.29) is 17.9 Å². The van der Waals surface area contributed by atoms with Gasteiger partial charge in [-0.2, -0.15) is 0 Å².